The van der Waals surface area contributed by atoms with E-state index in [0.717, 1.165) is 42.4 Å². The molecule has 3 heterocycles. The van der Waals surface area contributed by atoms with Gasteiger partial charge in [-0.05, 0) is 13.0 Å². The third kappa shape index (κ3) is 3.10. The third-order valence-corrected chi connectivity index (χ3v) is 5.12. The van der Waals surface area contributed by atoms with Gasteiger partial charge in [0.2, 0.25) is 4.96 Å². The zero-order valence-corrected chi connectivity index (χ0v) is 14.3. The minimum absolute atomic E-state index is 0.111. The summed E-state index contributed by atoms with van der Waals surface area (Å²) < 4.78 is 1.41. The quantitative estimate of drug-likeness (QED) is 0.783. The van der Waals surface area contributed by atoms with Crippen LogP contribution in [0, 0.1) is 6.92 Å². The summed E-state index contributed by atoms with van der Waals surface area (Å²) in [7, 11) is 0. The van der Waals surface area contributed by atoms with E-state index in [1.165, 1.54) is 21.4 Å². The average Bonchev–Trinajstić information content (AvgIpc) is 3.00. The van der Waals surface area contributed by atoms with Gasteiger partial charge in [-0.1, -0.05) is 35.1 Å². The normalized spacial score (nSPS) is 15.9. The molecule has 1 N–H and O–H groups in total. The van der Waals surface area contributed by atoms with Crippen LogP contribution in [0.5, 0.6) is 0 Å². The van der Waals surface area contributed by atoms with Crippen LogP contribution < -0.4 is 10.9 Å². The summed E-state index contributed by atoms with van der Waals surface area (Å²) in [6, 6.07) is 9.74. The standard InChI is InChI=1S/C17H19N5OS/c1-12-3-2-4-13(9-12)16-20-22-15(23)10-14(19-17(22)24-16)11-21-7-5-18-6-8-21/h2-4,9-10,18H,5-8,11H2,1H3. The van der Waals surface area contributed by atoms with Crippen LogP contribution in [-0.4, -0.2) is 45.7 Å². The zero-order valence-electron chi connectivity index (χ0n) is 13.5. The molecule has 0 unspecified atom stereocenters. The van der Waals surface area contributed by atoms with Crippen LogP contribution in [0.15, 0.2) is 35.1 Å². The first kappa shape index (κ1) is 15.4. The fraction of sp³-hybridized carbons (Fsp3) is 0.353. The van der Waals surface area contributed by atoms with Gasteiger partial charge < -0.3 is 5.32 Å². The molecular formula is C17H19N5OS. The second kappa shape index (κ2) is 6.43. The molecule has 1 saturated heterocycles. The van der Waals surface area contributed by atoms with Crippen molar-refractivity contribution in [3.8, 4) is 10.6 Å². The molecule has 0 saturated carbocycles. The van der Waals surface area contributed by atoms with Crippen molar-refractivity contribution in [2.24, 2.45) is 0 Å². The minimum atomic E-state index is -0.111. The van der Waals surface area contributed by atoms with Crippen molar-refractivity contribution in [1.82, 2.24) is 24.8 Å². The Morgan fingerprint density at radius 2 is 2.08 bits per heavy atom. The first-order valence-electron chi connectivity index (χ1n) is 8.09. The molecule has 0 radical (unpaired) electrons. The minimum Gasteiger partial charge on any atom is -0.314 e. The van der Waals surface area contributed by atoms with Crippen molar-refractivity contribution in [2.75, 3.05) is 26.2 Å². The summed E-state index contributed by atoms with van der Waals surface area (Å²) >= 11 is 1.46. The highest BCUT2D eigenvalue weighted by Crippen LogP contribution is 2.25. The molecule has 0 aliphatic carbocycles. The van der Waals surface area contributed by atoms with Crippen molar-refractivity contribution in [3.63, 3.8) is 0 Å². The van der Waals surface area contributed by atoms with E-state index in [9.17, 15) is 4.79 Å². The molecule has 2 aromatic heterocycles. The molecule has 1 aliphatic rings. The van der Waals surface area contributed by atoms with Gasteiger partial charge in [-0.25, -0.2) is 4.98 Å². The molecular weight excluding hydrogens is 322 g/mol. The lowest BCUT2D eigenvalue weighted by Gasteiger charge is -2.26. The van der Waals surface area contributed by atoms with Crippen molar-refractivity contribution < 1.29 is 0 Å². The summed E-state index contributed by atoms with van der Waals surface area (Å²) in [5.74, 6) is 0. The number of aryl methyl sites for hydroxylation is 1. The number of benzene rings is 1. The Morgan fingerprint density at radius 1 is 1.25 bits per heavy atom. The monoisotopic (exact) mass is 341 g/mol. The van der Waals surface area contributed by atoms with Gasteiger partial charge in [0, 0.05) is 44.4 Å². The fourth-order valence-corrected chi connectivity index (χ4v) is 3.85. The smallest absolute Gasteiger partial charge is 0.275 e. The molecule has 6 nitrogen and oxygen atoms in total. The number of rotatable bonds is 3. The molecule has 3 aromatic rings. The van der Waals surface area contributed by atoms with Crippen molar-refractivity contribution in [2.45, 2.75) is 13.5 Å². The highest BCUT2D eigenvalue weighted by Gasteiger charge is 2.14. The van der Waals surface area contributed by atoms with Crippen LogP contribution in [0.3, 0.4) is 0 Å². The van der Waals surface area contributed by atoms with E-state index < -0.39 is 0 Å². The van der Waals surface area contributed by atoms with Crippen LogP contribution in [0.4, 0.5) is 0 Å². The van der Waals surface area contributed by atoms with Crippen LogP contribution in [0.1, 0.15) is 11.3 Å². The number of hydrogen-bond acceptors (Lipinski definition) is 6. The molecule has 0 spiro atoms. The topological polar surface area (TPSA) is 62.5 Å². The SMILES string of the molecule is Cc1cccc(-c2nn3c(=O)cc(CN4CCNCC4)nc3s2)c1. The molecule has 1 fully saturated rings. The summed E-state index contributed by atoms with van der Waals surface area (Å²) in [5.41, 5.74) is 2.90. The Balaban J connectivity index is 1.69. The Hall–Kier alpha value is -2.09. The van der Waals surface area contributed by atoms with Crippen LogP contribution in [0.25, 0.3) is 15.5 Å². The highest BCUT2D eigenvalue weighted by molar-refractivity contribution is 7.19. The van der Waals surface area contributed by atoms with E-state index >= 15 is 0 Å². The first-order valence-corrected chi connectivity index (χ1v) is 8.90. The number of hydrogen-bond donors (Lipinski definition) is 1. The summed E-state index contributed by atoms with van der Waals surface area (Å²) in [4.78, 5) is 20.0. The van der Waals surface area contributed by atoms with Crippen molar-refractivity contribution in [1.29, 1.82) is 0 Å². The Kier molecular flexibility index (Phi) is 4.13. The number of nitrogens with one attached hydrogen (secondary N) is 1. The van der Waals surface area contributed by atoms with Gasteiger partial charge in [0.1, 0.15) is 5.01 Å². The third-order valence-electron chi connectivity index (χ3n) is 4.16. The predicted molar refractivity (Wildman–Crippen MR) is 95.5 cm³/mol. The predicted octanol–water partition coefficient (Wildman–Crippen LogP) is 1.53. The van der Waals surface area contributed by atoms with Crippen molar-refractivity contribution >= 4 is 16.3 Å². The Bertz CT molecular complexity index is 926. The van der Waals surface area contributed by atoms with Crippen LogP contribution in [-0.2, 0) is 6.54 Å². The number of piperazine rings is 1. The maximum absolute atomic E-state index is 12.4. The van der Waals surface area contributed by atoms with E-state index in [1.807, 2.05) is 25.1 Å². The van der Waals surface area contributed by atoms with Gasteiger partial charge in [-0.2, -0.15) is 9.61 Å². The molecule has 0 bridgehead atoms. The van der Waals surface area contributed by atoms with E-state index in [-0.39, 0.29) is 5.56 Å². The summed E-state index contributed by atoms with van der Waals surface area (Å²) in [6.07, 6.45) is 0. The van der Waals surface area contributed by atoms with E-state index in [4.69, 9.17) is 0 Å². The lowest BCUT2D eigenvalue weighted by molar-refractivity contribution is 0.231. The fourth-order valence-electron chi connectivity index (χ4n) is 2.93. The molecule has 7 heteroatoms. The van der Waals surface area contributed by atoms with Crippen molar-refractivity contribution in [3.05, 3.63) is 51.9 Å². The number of nitrogens with zero attached hydrogens (tertiary/aromatic N) is 4. The molecule has 1 aromatic carbocycles. The Morgan fingerprint density at radius 3 is 2.88 bits per heavy atom. The molecule has 0 amide bonds. The molecule has 124 valence electrons. The van der Waals surface area contributed by atoms with E-state index in [2.05, 4.69) is 26.4 Å². The Labute approximate surface area is 143 Å². The number of aromatic nitrogens is 3. The second-order valence-electron chi connectivity index (χ2n) is 6.08. The van der Waals surface area contributed by atoms with Gasteiger partial charge in [0.15, 0.2) is 0 Å². The first-order chi connectivity index (χ1) is 11.7. The molecule has 24 heavy (non-hydrogen) atoms. The lowest BCUT2D eigenvalue weighted by Crippen LogP contribution is -2.43. The van der Waals surface area contributed by atoms with E-state index in [0.29, 0.717) is 11.5 Å². The van der Waals surface area contributed by atoms with Gasteiger partial charge in [0.25, 0.3) is 5.56 Å². The summed E-state index contributed by atoms with van der Waals surface area (Å²) in [5, 5.41) is 8.60. The molecule has 0 atom stereocenters. The average molecular weight is 341 g/mol. The molecule has 1 aliphatic heterocycles. The highest BCUT2D eigenvalue weighted by atomic mass is 32.1. The van der Waals surface area contributed by atoms with Gasteiger partial charge >= 0.3 is 0 Å². The van der Waals surface area contributed by atoms with Crippen LogP contribution >= 0.6 is 11.3 Å². The zero-order chi connectivity index (χ0) is 16.5. The lowest BCUT2D eigenvalue weighted by atomic mass is 10.1. The summed E-state index contributed by atoms with van der Waals surface area (Å²) in [6.45, 7) is 6.70. The largest absolute Gasteiger partial charge is 0.314 e. The van der Waals surface area contributed by atoms with E-state index in [1.54, 1.807) is 6.07 Å². The second-order valence-corrected chi connectivity index (χ2v) is 7.04. The van der Waals surface area contributed by atoms with Gasteiger partial charge in [-0.3, -0.25) is 9.69 Å². The maximum atomic E-state index is 12.4. The van der Waals surface area contributed by atoms with Gasteiger partial charge in [-0.15, -0.1) is 0 Å². The molecule has 4 rings (SSSR count). The van der Waals surface area contributed by atoms with Crippen LogP contribution in [0.2, 0.25) is 0 Å². The van der Waals surface area contributed by atoms with Gasteiger partial charge in [0.05, 0.1) is 5.69 Å². The maximum Gasteiger partial charge on any atom is 0.275 e. The number of fused-ring (bicyclic) bond motifs is 1.